The standard InChI is InChI=1S/C20H25N3O3/c24-16(21-14-19(11-12-19)15-6-2-1-3-7-15)8-13-23-17(25)20(22-18(23)26)9-4-5-10-20/h1-3,6-7H,4-5,8-14H2,(H,21,24)(H,22,26). The molecule has 0 bridgehead atoms. The second-order valence-corrected chi connectivity index (χ2v) is 7.85. The summed E-state index contributed by atoms with van der Waals surface area (Å²) in [7, 11) is 0. The minimum absolute atomic E-state index is 0.0612. The number of amides is 4. The predicted molar refractivity (Wildman–Crippen MR) is 96.4 cm³/mol. The summed E-state index contributed by atoms with van der Waals surface area (Å²) in [4.78, 5) is 38.2. The Hall–Kier alpha value is -2.37. The van der Waals surface area contributed by atoms with Crippen LogP contribution in [0.5, 0.6) is 0 Å². The van der Waals surface area contributed by atoms with Gasteiger partial charge >= 0.3 is 6.03 Å². The fourth-order valence-corrected chi connectivity index (χ4v) is 4.28. The van der Waals surface area contributed by atoms with Gasteiger partial charge in [0.15, 0.2) is 0 Å². The van der Waals surface area contributed by atoms with Gasteiger partial charge in [-0.2, -0.15) is 0 Å². The molecule has 1 aliphatic heterocycles. The summed E-state index contributed by atoms with van der Waals surface area (Å²) in [5, 5.41) is 5.84. The van der Waals surface area contributed by atoms with Crippen LogP contribution in [0.4, 0.5) is 4.79 Å². The van der Waals surface area contributed by atoms with E-state index in [1.165, 1.54) is 10.5 Å². The Kier molecular flexibility index (Phi) is 4.21. The van der Waals surface area contributed by atoms with Gasteiger partial charge in [-0.25, -0.2) is 4.79 Å². The maximum atomic E-state index is 12.6. The molecule has 2 saturated carbocycles. The summed E-state index contributed by atoms with van der Waals surface area (Å²) in [5.41, 5.74) is 0.627. The van der Waals surface area contributed by atoms with Crippen molar-refractivity contribution in [2.24, 2.45) is 0 Å². The van der Waals surface area contributed by atoms with Crippen LogP contribution in [0.2, 0.25) is 0 Å². The van der Waals surface area contributed by atoms with Gasteiger partial charge in [0, 0.05) is 24.9 Å². The van der Waals surface area contributed by atoms with Crippen molar-refractivity contribution in [3.05, 3.63) is 35.9 Å². The van der Waals surface area contributed by atoms with E-state index in [1.807, 2.05) is 18.2 Å². The average molecular weight is 355 g/mol. The van der Waals surface area contributed by atoms with Crippen molar-refractivity contribution in [2.75, 3.05) is 13.1 Å². The summed E-state index contributed by atoms with van der Waals surface area (Å²) >= 11 is 0. The van der Waals surface area contributed by atoms with Crippen molar-refractivity contribution in [3.8, 4) is 0 Å². The Labute approximate surface area is 153 Å². The number of hydrogen-bond acceptors (Lipinski definition) is 3. The van der Waals surface area contributed by atoms with Gasteiger partial charge in [-0.15, -0.1) is 0 Å². The van der Waals surface area contributed by atoms with Crippen LogP contribution in [0.3, 0.4) is 0 Å². The van der Waals surface area contributed by atoms with Gasteiger partial charge in [0.25, 0.3) is 5.91 Å². The fraction of sp³-hybridized carbons (Fsp3) is 0.550. The van der Waals surface area contributed by atoms with E-state index in [0.29, 0.717) is 19.4 Å². The summed E-state index contributed by atoms with van der Waals surface area (Å²) in [5.74, 6) is -0.268. The molecule has 26 heavy (non-hydrogen) atoms. The van der Waals surface area contributed by atoms with Crippen molar-refractivity contribution in [2.45, 2.75) is 55.9 Å². The van der Waals surface area contributed by atoms with Crippen LogP contribution in [0.1, 0.15) is 50.5 Å². The number of imide groups is 1. The molecule has 4 rings (SSSR count). The lowest BCUT2D eigenvalue weighted by atomic mass is 9.96. The third-order valence-corrected chi connectivity index (χ3v) is 6.13. The number of carbonyl (C=O) groups is 3. The molecule has 2 aliphatic carbocycles. The predicted octanol–water partition coefficient (Wildman–Crippen LogP) is 2.09. The number of carbonyl (C=O) groups excluding carboxylic acids is 3. The molecule has 138 valence electrons. The Morgan fingerprint density at radius 1 is 1.08 bits per heavy atom. The molecule has 2 N–H and O–H groups in total. The van der Waals surface area contributed by atoms with Gasteiger partial charge < -0.3 is 10.6 Å². The van der Waals surface area contributed by atoms with E-state index in [-0.39, 0.29) is 36.2 Å². The smallest absolute Gasteiger partial charge is 0.325 e. The van der Waals surface area contributed by atoms with E-state index < -0.39 is 5.54 Å². The molecule has 1 aromatic carbocycles. The normalized spacial score (nSPS) is 22.5. The van der Waals surface area contributed by atoms with Crippen molar-refractivity contribution in [1.29, 1.82) is 0 Å². The van der Waals surface area contributed by atoms with E-state index >= 15 is 0 Å². The highest BCUT2D eigenvalue weighted by Crippen LogP contribution is 2.47. The molecule has 6 nitrogen and oxygen atoms in total. The van der Waals surface area contributed by atoms with Crippen molar-refractivity contribution in [1.82, 2.24) is 15.5 Å². The van der Waals surface area contributed by atoms with Gasteiger partial charge in [-0.1, -0.05) is 43.2 Å². The monoisotopic (exact) mass is 355 g/mol. The first kappa shape index (κ1) is 17.1. The molecule has 0 unspecified atom stereocenters. The third-order valence-electron chi connectivity index (χ3n) is 6.13. The SMILES string of the molecule is O=C(CCN1C(=O)NC2(CCCC2)C1=O)NCC1(c2ccccc2)CC1. The minimum Gasteiger partial charge on any atom is -0.355 e. The molecule has 6 heteroatoms. The highest BCUT2D eigenvalue weighted by atomic mass is 16.2. The van der Waals surface area contributed by atoms with Crippen LogP contribution in [0.15, 0.2) is 30.3 Å². The van der Waals surface area contributed by atoms with Gasteiger partial charge in [0.05, 0.1) is 0 Å². The molecular formula is C20H25N3O3. The number of nitrogens with one attached hydrogen (secondary N) is 2. The molecule has 0 radical (unpaired) electrons. The zero-order valence-corrected chi connectivity index (χ0v) is 14.9. The van der Waals surface area contributed by atoms with E-state index in [0.717, 1.165) is 25.7 Å². The first-order chi connectivity index (χ1) is 12.5. The van der Waals surface area contributed by atoms with Gasteiger partial charge in [-0.3, -0.25) is 14.5 Å². The lowest BCUT2D eigenvalue weighted by Crippen LogP contribution is -2.44. The van der Waals surface area contributed by atoms with Gasteiger partial charge in [-0.05, 0) is 31.2 Å². The maximum Gasteiger partial charge on any atom is 0.325 e. The lowest BCUT2D eigenvalue weighted by molar-refractivity contribution is -0.131. The Balaban J connectivity index is 1.28. The Morgan fingerprint density at radius 3 is 2.42 bits per heavy atom. The van der Waals surface area contributed by atoms with Crippen molar-refractivity contribution in [3.63, 3.8) is 0 Å². The molecule has 0 aromatic heterocycles. The van der Waals surface area contributed by atoms with E-state index in [4.69, 9.17) is 0 Å². The molecule has 1 heterocycles. The Bertz CT molecular complexity index is 721. The van der Waals surface area contributed by atoms with Crippen molar-refractivity contribution < 1.29 is 14.4 Å². The highest BCUT2D eigenvalue weighted by Gasteiger charge is 2.52. The highest BCUT2D eigenvalue weighted by molar-refractivity contribution is 6.07. The van der Waals surface area contributed by atoms with Crippen LogP contribution in [0.25, 0.3) is 0 Å². The van der Waals surface area contributed by atoms with Crippen LogP contribution in [-0.2, 0) is 15.0 Å². The van der Waals surface area contributed by atoms with Gasteiger partial charge in [0.1, 0.15) is 5.54 Å². The number of benzene rings is 1. The largest absolute Gasteiger partial charge is 0.355 e. The molecule has 1 saturated heterocycles. The quantitative estimate of drug-likeness (QED) is 0.767. The maximum absolute atomic E-state index is 12.6. The second-order valence-electron chi connectivity index (χ2n) is 7.85. The van der Waals surface area contributed by atoms with E-state index in [9.17, 15) is 14.4 Å². The summed E-state index contributed by atoms with van der Waals surface area (Å²) in [6.07, 6.45) is 5.64. The summed E-state index contributed by atoms with van der Waals surface area (Å²) in [6.45, 7) is 0.760. The zero-order chi connectivity index (χ0) is 18.2. The molecule has 0 atom stereocenters. The topological polar surface area (TPSA) is 78.5 Å². The van der Waals surface area contributed by atoms with Crippen LogP contribution in [-0.4, -0.2) is 41.4 Å². The molecule has 4 amide bonds. The number of hydrogen-bond donors (Lipinski definition) is 2. The Morgan fingerprint density at radius 2 is 1.77 bits per heavy atom. The molecule has 3 aliphatic rings. The summed E-state index contributed by atoms with van der Waals surface area (Å²) < 4.78 is 0. The van der Waals surface area contributed by atoms with Crippen LogP contribution < -0.4 is 10.6 Å². The molecule has 3 fully saturated rings. The average Bonchev–Trinajstić information content (AvgIpc) is 3.24. The van der Waals surface area contributed by atoms with E-state index in [2.05, 4.69) is 22.8 Å². The minimum atomic E-state index is -0.695. The number of urea groups is 1. The molecular weight excluding hydrogens is 330 g/mol. The lowest BCUT2D eigenvalue weighted by Gasteiger charge is -2.20. The summed E-state index contributed by atoms with van der Waals surface area (Å²) in [6, 6.07) is 9.89. The first-order valence-electron chi connectivity index (χ1n) is 9.51. The van der Waals surface area contributed by atoms with Gasteiger partial charge in [0.2, 0.25) is 5.91 Å². The number of nitrogens with zero attached hydrogens (tertiary/aromatic N) is 1. The zero-order valence-electron chi connectivity index (χ0n) is 14.9. The first-order valence-corrected chi connectivity index (χ1v) is 9.51. The molecule has 1 aromatic rings. The third kappa shape index (κ3) is 2.97. The number of rotatable bonds is 6. The molecule has 1 spiro atoms. The van der Waals surface area contributed by atoms with E-state index in [1.54, 1.807) is 0 Å². The second kappa shape index (κ2) is 6.41. The van der Waals surface area contributed by atoms with Crippen LogP contribution in [0, 0.1) is 0 Å². The van der Waals surface area contributed by atoms with Crippen molar-refractivity contribution >= 4 is 17.8 Å². The fourth-order valence-electron chi connectivity index (χ4n) is 4.28. The van der Waals surface area contributed by atoms with Crippen LogP contribution >= 0.6 is 0 Å².